The molecule has 5 heteroatoms. The summed E-state index contributed by atoms with van der Waals surface area (Å²) in [6.45, 7) is 3.88. The van der Waals surface area contributed by atoms with Gasteiger partial charge >= 0.3 is 0 Å². The lowest BCUT2D eigenvalue weighted by atomic mass is 10.1. The standard InChI is InChI=1S/C14H15N3O2/c1-10-8-13(17(18)19)5-6-14(10)16-11(2)12-4-3-7-15-9-12/h3-9,11,16H,1-2H3. The molecule has 1 atom stereocenters. The Morgan fingerprint density at radius 1 is 1.37 bits per heavy atom. The molecule has 5 nitrogen and oxygen atoms in total. The van der Waals surface area contributed by atoms with Gasteiger partial charge in [-0.2, -0.15) is 0 Å². The van der Waals surface area contributed by atoms with Crippen LogP contribution in [0.2, 0.25) is 0 Å². The molecular weight excluding hydrogens is 242 g/mol. The first kappa shape index (κ1) is 13.0. The number of nitrogens with one attached hydrogen (secondary N) is 1. The van der Waals surface area contributed by atoms with E-state index >= 15 is 0 Å². The van der Waals surface area contributed by atoms with Crippen LogP contribution in [-0.2, 0) is 0 Å². The maximum Gasteiger partial charge on any atom is 0.269 e. The van der Waals surface area contributed by atoms with Crippen molar-refractivity contribution in [3.8, 4) is 0 Å². The summed E-state index contributed by atoms with van der Waals surface area (Å²) >= 11 is 0. The third kappa shape index (κ3) is 3.07. The molecule has 0 aliphatic carbocycles. The smallest absolute Gasteiger partial charge is 0.269 e. The van der Waals surface area contributed by atoms with Gasteiger partial charge in [0.05, 0.1) is 11.0 Å². The fourth-order valence-corrected chi connectivity index (χ4v) is 1.87. The van der Waals surface area contributed by atoms with Crippen molar-refractivity contribution >= 4 is 11.4 Å². The van der Waals surface area contributed by atoms with Crippen LogP contribution in [0.1, 0.15) is 24.1 Å². The number of non-ortho nitro benzene ring substituents is 1. The summed E-state index contributed by atoms with van der Waals surface area (Å²) in [4.78, 5) is 14.4. The fraction of sp³-hybridized carbons (Fsp3) is 0.214. The average Bonchev–Trinajstić information content (AvgIpc) is 2.41. The quantitative estimate of drug-likeness (QED) is 0.672. The molecular formula is C14H15N3O2. The highest BCUT2D eigenvalue weighted by atomic mass is 16.6. The van der Waals surface area contributed by atoms with Crippen LogP contribution in [0.25, 0.3) is 0 Å². The van der Waals surface area contributed by atoms with Crippen molar-refractivity contribution in [2.45, 2.75) is 19.9 Å². The highest BCUT2D eigenvalue weighted by Gasteiger charge is 2.10. The number of aryl methyl sites for hydroxylation is 1. The van der Waals surface area contributed by atoms with E-state index in [0.29, 0.717) is 0 Å². The van der Waals surface area contributed by atoms with E-state index in [1.54, 1.807) is 24.5 Å². The van der Waals surface area contributed by atoms with Crippen LogP contribution in [0, 0.1) is 17.0 Å². The molecule has 0 spiro atoms. The summed E-state index contributed by atoms with van der Waals surface area (Å²) in [6.07, 6.45) is 3.53. The summed E-state index contributed by atoms with van der Waals surface area (Å²) in [5.74, 6) is 0. The van der Waals surface area contributed by atoms with Crippen molar-refractivity contribution in [2.75, 3.05) is 5.32 Å². The largest absolute Gasteiger partial charge is 0.378 e. The molecule has 0 saturated heterocycles. The number of hydrogen-bond acceptors (Lipinski definition) is 4. The van der Waals surface area contributed by atoms with Crippen molar-refractivity contribution in [3.05, 3.63) is 64.0 Å². The number of hydrogen-bond donors (Lipinski definition) is 1. The van der Waals surface area contributed by atoms with E-state index in [4.69, 9.17) is 0 Å². The third-order valence-electron chi connectivity index (χ3n) is 2.98. The number of rotatable bonds is 4. The van der Waals surface area contributed by atoms with Crippen LogP contribution in [0.15, 0.2) is 42.7 Å². The molecule has 1 aromatic heterocycles. The molecule has 2 rings (SSSR count). The minimum Gasteiger partial charge on any atom is -0.378 e. The molecule has 0 bridgehead atoms. The van der Waals surface area contributed by atoms with Gasteiger partial charge in [-0.15, -0.1) is 0 Å². The first-order valence-electron chi connectivity index (χ1n) is 5.99. The molecule has 0 aliphatic rings. The van der Waals surface area contributed by atoms with E-state index in [1.165, 1.54) is 6.07 Å². The predicted octanol–water partition coefficient (Wildman–Crippen LogP) is 3.47. The molecule has 1 unspecified atom stereocenters. The Bertz CT molecular complexity index is 584. The molecule has 0 saturated carbocycles. The van der Waals surface area contributed by atoms with Crippen LogP contribution >= 0.6 is 0 Å². The molecule has 1 aromatic carbocycles. The predicted molar refractivity (Wildman–Crippen MR) is 74.1 cm³/mol. The van der Waals surface area contributed by atoms with Crippen molar-refractivity contribution in [3.63, 3.8) is 0 Å². The van der Waals surface area contributed by atoms with Crippen molar-refractivity contribution in [1.82, 2.24) is 4.98 Å². The Labute approximate surface area is 111 Å². The summed E-state index contributed by atoms with van der Waals surface area (Å²) in [5.41, 5.74) is 2.92. The fourth-order valence-electron chi connectivity index (χ4n) is 1.87. The van der Waals surface area contributed by atoms with Gasteiger partial charge in [0.1, 0.15) is 0 Å². The van der Waals surface area contributed by atoms with E-state index in [0.717, 1.165) is 16.8 Å². The SMILES string of the molecule is Cc1cc([N+](=O)[O-])ccc1NC(C)c1cccnc1. The number of nitro groups is 1. The summed E-state index contributed by atoms with van der Waals surface area (Å²) in [7, 11) is 0. The zero-order valence-corrected chi connectivity index (χ0v) is 10.8. The number of aromatic nitrogens is 1. The zero-order valence-electron chi connectivity index (χ0n) is 10.8. The Morgan fingerprint density at radius 2 is 2.16 bits per heavy atom. The Kier molecular flexibility index (Phi) is 3.75. The number of nitrogens with zero attached hydrogens (tertiary/aromatic N) is 2. The van der Waals surface area contributed by atoms with Gasteiger partial charge in [-0.3, -0.25) is 15.1 Å². The van der Waals surface area contributed by atoms with Crippen LogP contribution in [0.3, 0.4) is 0 Å². The van der Waals surface area contributed by atoms with Gasteiger partial charge < -0.3 is 5.32 Å². The molecule has 0 fully saturated rings. The second-order valence-electron chi connectivity index (χ2n) is 4.41. The summed E-state index contributed by atoms with van der Waals surface area (Å²) in [5, 5.41) is 14.0. The third-order valence-corrected chi connectivity index (χ3v) is 2.98. The summed E-state index contributed by atoms with van der Waals surface area (Å²) < 4.78 is 0. The molecule has 0 amide bonds. The van der Waals surface area contributed by atoms with Crippen molar-refractivity contribution in [1.29, 1.82) is 0 Å². The molecule has 2 aromatic rings. The maximum absolute atomic E-state index is 10.7. The van der Waals surface area contributed by atoms with Gasteiger partial charge in [0, 0.05) is 30.2 Å². The number of nitro benzene ring substituents is 1. The number of benzene rings is 1. The summed E-state index contributed by atoms with van der Waals surface area (Å²) in [6, 6.07) is 8.78. The zero-order chi connectivity index (χ0) is 13.8. The Balaban J connectivity index is 2.18. The normalized spacial score (nSPS) is 11.9. The van der Waals surface area contributed by atoms with E-state index in [1.807, 2.05) is 26.0 Å². The van der Waals surface area contributed by atoms with Gasteiger partial charge in [0.15, 0.2) is 0 Å². The first-order chi connectivity index (χ1) is 9.08. The van der Waals surface area contributed by atoms with Gasteiger partial charge in [-0.05, 0) is 37.1 Å². The van der Waals surface area contributed by atoms with Crippen molar-refractivity contribution in [2.24, 2.45) is 0 Å². The van der Waals surface area contributed by atoms with E-state index in [-0.39, 0.29) is 16.7 Å². The topological polar surface area (TPSA) is 68.1 Å². The Morgan fingerprint density at radius 3 is 2.74 bits per heavy atom. The lowest BCUT2D eigenvalue weighted by Crippen LogP contribution is -2.08. The first-order valence-corrected chi connectivity index (χ1v) is 5.99. The minimum absolute atomic E-state index is 0.0915. The molecule has 1 heterocycles. The minimum atomic E-state index is -0.388. The molecule has 1 N–H and O–H groups in total. The van der Waals surface area contributed by atoms with Crippen LogP contribution in [0.5, 0.6) is 0 Å². The van der Waals surface area contributed by atoms with E-state index < -0.39 is 0 Å². The molecule has 0 aliphatic heterocycles. The second-order valence-corrected chi connectivity index (χ2v) is 4.41. The van der Waals surface area contributed by atoms with Crippen LogP contribution in [0.4, 0.5) is 11.4 Å². The number of anilines is 1. The number of pyridine rings is 1. The Hall–Kier alpha value is -2.43. The molecule has 98 valence electrons. The monoisotopic (exact) mass is 257 g/mol. The van der Waals surface area contributed by atoms with Gasteiger partial charge in [-0.1, -0.05) is 6.07 Å². The molecule has 0 radical (unpaired) electrons. The van der Waals surface area contributed by atoms with E-state index in [2.05, 4.69) is 10.3 Å². The highest BCUT2D eigenvalue weighted by Crippen LogP contribution is 2.25. The van der Waals surface area contributed by atoms with Gasteiger partial charge in [0.25, 0.3) is 5.69 Å². The average molecular weight is 257 g/mol. The lowest BCUT2D eigenvalue weighted by molar-refractivity contribution is -0.384. The van der Waals surface area contributed by atoms with Crippen LogP contribution < -0.4 is 5.32 Å². The molecule has 19 heavy (non-hydrogen) atoms. The second kappa shape index (κ2) is 5.48. The lowest BCUT2D eigenvalue weighted by Gasteiger charge is -2.16. The van der Waals surface area contributed by atoms with E-state index in [9.17, 15) is 10.1 Å². The van der Waals surface area contributed by atoms with Gasteiger partial charge in [-0.25, -0.2) is 0 Å². The van der Waals surface area contributed by atoms with Crippen molar-refractivity contribution < 1.29 is 4.92 Å². The van der Waals surface area contributed by atoms with Crippen LogP contribution in [-0.4, -0.2) is 9.91 Å². The van der Waals surface area contributed by atoms with Gasteiger partial charge in [0.2, 0.25) is 0 Å². The highest BCUT2D eigenvalue weighted by molar-refractivity contribution is 5.56. The maximum atomic E-state index is 10.7.